The summed E-state index contributed by atoms with van der Waals surface area (Å²) in [6.07, 6.45) is 0. The third-order valence-corrected chi connectivity index (χ3v) is 4.31. The lowest BCUT2D eigenvalue weighted by Crippen LogP contribution is -2.34. The molecule has 5 heteroatoms. The smallest absolute Gasteiger partial charge is 0.176 e. The van der Waals surface area contributed by atoms with E-state index >= 15 is 0 Å². The van der Waals surface area contributed by atoms with Gasteiger partial charge in [-0.15, -0.1) is 0 Å². The Morgan fingerprint density at radius 1 is 1.40 bits per heavy atom. The van der Waals surface area contributed by atoms with Crippen molar-refractivity contribution in [2.24, 2.45) is 5.92 Å². The van der Waals surface area contributed by atoms with Gasteiger partial charge in [-0.1, -0.05) is 18.5 Å². The number of ether oxygens (including phenoxy) is 1. The SMILES string of the molecule is COc1cc(CN2CC(C)C(N(C)C)C2)cc(Cl)c1O. The molecule has 0 spiro atoms. The Kier molecular flexibility index (Phi) is 4.78. The van der Waals surface area contributed by atoms with Crippen LogP contribution in [0, 0.1) is 5.92 Å². The molecule has 4 nitrogen and oxygen atoms in total. The van der Waals surface area contributed by atoms with Crippen molar-refractivity contribution in [3.63, 3.8) is 0 Å². The lowest BCUT2D eigenvalue weighted by Gasteiger charge is -2.22. The second kappa shape index (κ2) is 6.20. The standard InChI is InChI=1S/C15H23ClN2O2/c1-10-7-18(9-13(10)17(2)3)8-11-5-12(16)15(19)14(6-11)20-4/h5-6,10,13,19H,7-9H2,1-4H3. The van der Waals surface area contributed by atoms with Crippen molar-refractivity contribution in [2.75, 3.05) is 34.3 Å². The number of phenols is 1. The molecule has 1 aliphatic heterocycles. The Hall–Kier alpha value is -0.970. The third kappa shape index (κ3) is 3.19. The van der Waals surface area contributed by atoms with Gasteiger partial charge in [-0.25, -0.2) is 0 Å². The van der Waals surface area contributed by atoms with E-state index in [2.05, 4.69) is 30.8 Å². The molecule has 2 unspecified atom stereocenters. The highest BCUT2D eigenvalue weighted by atomic mass is 35.5. The van der Waals surface area contributed by atoms with Crippen LogP contribution in [-0.4, -0.2) is 55.2 Å². The molecule has 1 aliphatic rings. The molecule has 0 amide bonds. The molecule has 1 heterocycles. The lowest BCUT2D eigenvalue weighted by molar-refractivity contribution is 0.250. The van der Waals surface area contributed by atoms with Gasteiger partial charge in [-0.05, 0) is 37.7 Å². The molecule has 1 aromatic rings. The van der Waals surface area contributed by atoms with Crippen molar-refractivity contribution in [3.8, 4) is 11.5 Å². The number of methoxy groups -OCH3 is 1. The summed E-state index contributed by atoms with van der Waals surface area (Å²) in [5.74, 6) is 1.10. The highest BCUT2D eigenvalue weighted by Crippen LogP contribution is 2.35. The molecule has 0 radical (unpaired) electrons. The molecule has 1 fully saturated rings. The zero-order valence-corrected chi connectivity index (χ0v) is 13.3. The number of aromatic hydroxyl groups is 1. The topological polar surface area (TPSA) is 35.9 Å². The number of phenolic OH excluding ortho intramolecular Hbond substituents is 1. The first-order valence-corrected chi connectivity index (χ1v) is 7.24. The number of halogens is 1. The van der Waals surface area contributed by atoms with E-state index in [4.69, 9.17) is 16.3 Å². The molecular formula is C15H23ClN2O2. The molecule has 0 aromatic heterocycles. The van der Waals surface area contributed by atoms with E-state index < -0.39 is 0 Å². The Morgan fingerprint density at radius 3 is 2.65 bits per heavy atom. The Morgan fingerprint density at radius 2 is 2.10 bits per heavy atom. The molecule has 20 heavy (non-hydrogen) atoms. The molecule has 0 aliphatic carbocycles. The van der Waals surface area contributed by atoms with Crippen LogP contribution in [0.5, 0.6) is 11.5 Å². The van der Waals surface area contributed by atoms with Gasteiger partial charge in [0.1, 0.15) is 0 Å². The molecule has 1 saturated heterocycles. The second-order valence-electron chi connectivity index (χ2n) is 5.83. The average molecular weight is 299 g/mol. The van der Waals surface area contributed by atoms with Crippen LogP contribution in [0.3, 0.4) is 0 Å². The van der Waals surface area contributed by atoms with E-state index in [-0.39, 0.29) is 5.75 Å². The first-order chi connectivity index (χ1) is 9.42. The number of likely N-dealkylation sites (tertiary alicyclic amines) is 1. The summed E-state index contributed by atoms with van der Waals surface area (Å²) in [5.41, 5.74) is 1.07. The number of nitrogens with zero attached hydrogens (tertiary/aromatic N) is 2. The summed E-state index contributed by atoms with van der Waals surface area (Å²) in [5, 5.41) is 10.1. The van der Waals surface area contributed by atoms with Gasteiger partial charge in [0.25, 0.3) is 0 Å². The molecular weight excluding hydrogens is 276 g/mol. The van der Waals surface area contributed by atoms with Crippen molar-refractivity contribution in [3.05, 3.63) is 22.7 Å². The second-order valence-corrected chi connectivity index (χ2v) is 6.24. The summed E-state index contributed by atoms with van der Waals surface area (Å²) in [4.78, 5) is 4.70. The van der Waals surface area contributed by atoms with Crippen LogP contribution in [0.1, 0.15) is 12.5 Å². The van der Waals surface area contributed by atoms with E-state index in [9.17, 15) is 5.11 Å². The van der Waals surface area contributed by atoms with Crippen LogP contribution < -0.4 is 4.74 Å². The van der Waals surface area contributed by atoms with E-state index in [0.717, 1.165) is 25.2 Å². The van der Waals surface area contributed by atoms with Crippen molar-refractivity contribution in [1.29, 1.82) is 0 Å². The number of likely N-dealkylation sites (N-methyl/N-ethyl adjacent to an activating group) is 1. The molecule has 0 bridgehead atoms. The Labute approximate surface area is 125 Å². The van der Waals surface area contributed by atoms with Crippen LogP contribution in [0.25, 0.3) is 0 Å². The van der Waals surface area contributed by atoms with Crippen LogP contribution in [-0.2, 0) is 6.54 Å². The van der Waals surface area contributed by atoms with Gasteiger partial charge < -0.3 is 14.7 Å². The van der Waals surface area contributed by atoms with Gasteiger partial charge in [0.15, 0.2) is 11.5 Å². The zero-order valence-electron chi connectivity index (χ0n) is 12.6. The number of hydrogen-bond acceptors (Lipinski definition) is 4. The average Bonchev–Trinajstić information content (AvgIpc) is 2.74. The highest BCUT2D eigenvalue weighted by Gasteiger charge is 2.30. The van der Waals surface area contributed by atoms with Gasteiger partial charge in [-0.3, -0.25) is 4.90 Å². The summed E-state index contributed by atoms with van der Waals surface area (Å²) < 4.78 is 5.15. The fourth-order valence-electron chi connectivity index (χ4n) is 2.98. The minimum absolute atomic E-state index is 0.0128. The van der Waals surface area contributed by atoms with Crippen molar-refractivity contribution in [2.45, 2.75) is 19.5 Å². The summed E-state index contributed by atoms with van der Waals surface area (Å²) in [6.45, 7) is 5.23. The van der Waals surface area contributed by atoms with Gasteiger partial charge in [0.05, 0.1) is 12.1 Å². The van der Waals surface area contributed by atoms with Crippen LogP contribution in [0.15, 0.2) is 12.1 Å². The normalized spacial score (nSPS) is 23.5. The predicted octanol–water partition coefficient (Wildman–Crippen LogP) is 2.44. The predicted molar refractivity (Wildman–Crippen MR) is 81.6 cm³/mol. The van der Waals surface area contributed by atoms with Crippen LogP contribution in [0.2, 0.25) is 5.02 Å². The number of hydrogen-bond donors (Lipinski definition) is 1. The maximum absolute atomic E-state index is 9.76. The third-order valence-electron chi connectivity index (χ3n) is 4.03. The van der Waals surface area contributed by atoms with E-state index in [0.29, 0.717) is 22.7 Å². The summed E-state index contributed by atoms with van der Waals surface area (Å²) in [6, 6.07) is 4.26. The molecule has 0 saturated carbocycles. The van der Waals surface area contributed by atoms with Gasteiger partial charge in [0, 0.05) is 25.7 Å². The fraction of sp³-hybridized carbons (Fsp3) is 0.600. The quantitative estimate of drug-likeness (QED) is 0.926. The minimum atomic E-state index is 0.0128. The number of benzene rings is 1. The van der Waals surface area contributed by atoms with Crippen molar-refractivity contribution in [1.82, 2.24) is 9.80 Å². The van der Waals surface area contributed by atoms with Gasteiger partial charge in [0.2, 0.25) is 0 Å². The minimum Gasteiger partial charge on any atom is -0.503 e. The van der Waals surface area contributed by atoms with Crippen molar-refractivity contribution >= 4 is 11.6 Å². The summed E-state index contributed by atoms with van der Waals surface area (Å²) in [7, 11) is 5.80. The Balaban J connectivity index is 2.10. The molecule has 112 valence electrons. The van der Waals surface area contributed by atoms with Gasteiger partial charge in [-0.2, -0.15) is 0 Å². The zero-order chi connectivity index (χ0) is 14.9. The van der Waals surface area contributed by atoms with E-state index in [1.54, 1.807) is 0 Å². The lowest BCUT2D eigenvalue weighted by atomic mass is 10.1. The van der Waals surface area contributed by atoms with E-state index in [1.165, 1.54) is 7.11 Å². The first kappa shape index (κ1) is 15.4. The maximum atomic E-state index is 9.76. The number of rotatable bonds is 4. The largest absolute Gasteiger partial charge is 0.503 e. The first-order valence-electron chi connectivity index (χ1n) is 6.86. The monoisotopic (exact) mass is 298 g/mol. The summed E-state index contributed by atoms with van der Waals surface area (Å²) >= 11 is 6.03. The van der Waals surface area contributed by atoms with Gasteiger partial charge >= 0.3 is 0 Å². The maximum Gasteiger partial charge on any atom is 0.176 e. The van der Waals surface area contributed by atoms with Crippen molar-refractivity contribution < 1.29 is 9.84 Å². The highest BCUT2D eigenvalue weighted by molar-refractivity contribution is 6.32. The molecule has 2 rings (SSSR count). The molecule has 1 N–H and O–H groups in total. The Bertz CT molecular complexity index is 479. The van der Waals surface area contributed by atoms with Crippen LogP contribution >= 0.6 is 11.6 Å². The van der Waals surface area contributed by atoms with E-state index in [1.807, 2.05) is 12.1 Å². The van der Waals surface area contributed by atoms with Crippen LogP contribution in [0.4, 0.5) is 0 Å². The fourth-order valence-corrected chi connectivity index (χ4v) is 3.21. The molecule has 1 aromatic carbocycles. The molecule has 2 atom stereocenters.